The zero-order valence-corrected chi connectivity index (χ0v) is 7.89. The SMILES string of the molecule is CO/N=C(\C)c1ccc2nonc2c1. The summed E-state index contributed by atoms with van der Waals surface area (Å²) in [6, 6.07) is 5.57. The van der Waals surface area contributed by atoms with E-state index in [9.17, 15) is 0 Å². The molecule has 14 heavy (non-hydrogen) atoms. The van der Waals surface area contributed by atoms with Crippen LogP contribution in [0, 0.1) is 0 Å². The fraction of sp³-hybridized carbons (Fsp3) is 0.222. The number of nitrogens with zero attached hydrogens (tertiary/aromatic N) is 3. The summed E-state index contributed by atoms with van der Waals surface area (Å²) in [6.07, 6.45) is 0. The molecule has 0 amide bonds. The molecule has 1 aromatic carbocycles. The second kappa shape index (κ2) is 3.45. The highest BCUT2D eigenvalue weighted by Gasteiger charge is 2.03. The molecule has 2 rings (SSSR count). The van der Waals surface area contributed by atoms with Gasteiger partial charge in [0.1, 0.15) is 18.1 Å². The smallest absolute Gasteiger partial charge is 0.135 e. The predicted molar refractivity (Wildman–Crippen MR) is 51.0 cm³/mol. The van der Waals surface area contributed by atoms with Crippen molar-refractivity contribution in [3.05, 3.63) is 23.8 Å². The van der Waals surface area contributed by atoms with Crippen molar-refractivity contribution in [2.75, 3.05) is 7.11 Å². The minimum Gasteiger partial charge on any atom is -0.399 e. The van der Waals surface area contributed by atoms with Gasteiger partial charge in [0.15, 0.2) is 0 Å². The number of hydrogen-bond acceptors (Lipinski definition) is 5. The monoisotopic (exact) mass is 191 g/mol. The number of fused-ring (bicyclic) bond motifs is 1. The Morgan fingerprint density at radius 3 is 2.93 bits per heavy atom. The number of benzene rings is 1. The molecule has 0 radical (unpaired) electrons. The summed E-state index contributed by atoms with van der Waals surface area (Å²) in [5, 5.41) is 11.3. The van der Waals surface area contributed by atoms with Crippen molar-refractivity contribution in [3.63, 3.8) is 0 Å². The molecule has 0 aliphatic rings. The van der Waals surface area contributed by atoms with E-state index in [1.807, 2.05) is 25.1 Å². The lowest BCUT2D eigenvalue weighted by atomic mass is 10.1. The van der Waals surface area contributed by atoms with Crippen molar-refractivity contribution in [3.8, 4) is 0 Å². The van der Waals surface area contributed by atoms with Crippen LogP contribution in [0.4, 0.5) is 0 Å². The second-order valence-corrected chi connectivity index (χ2v) is 2.83. The van der Waals surface area contributed by atoms with E-state index in [1.54, 1.807) is 0 Å². The Hall–Kier alpha value is -1.91. The fourth-order valence-corrected chi connectivity index (χ4v) is 1.20. The Labute approximate surface area is 80.3 Å². The van der Waals surface area contributed by atoms with E-state index in [0.29, 0.717) is 5.52 Å². The summed E-state index contributed by atoms with van der Waals surface area (Å²) in [5.74, 6) is 0. The maximum absolute atomic E-state index is 4.68. The lowest BCUT2D eigenvalue weighted by Crippen LogP contribution is -1.94. The predicted octanol–water partition coefficient (Wildman–Crippen LogP) is 1.59. The number of oxime groups is 1. The van der Waals surface area contributed by atoms with Gasteiger partial charge in [-0.05, 0) is 29.4 Å². The molecule has 72 valence electrons. The third-order valence-corrected chi connectivity index (χ3v) is 1.90. The Morgan fingerprint density at radius 2 is 2.14 bits per heavy atom. The van der Waals surface area contributed by atoms with E-state index in [2.05, 4.69) is 24.9 Å². The van der Waals surface area contributed by atoms with Crippen molar-refractivity contribution >= 4 is 16.7 Å². The Kier molecular flexibility index (Phi) is 2.14. The van der Waals surface area contributed by atoms with Crippen LogP contribution < -0.4 is 0 Å². The summed E-state index contributed by atoms with van der Waals surface area (Å²) in [6.45, 7) is 1.86. The molecule has 0 saturated heterocycles. The summed E-state index contributed by atoms with van der Waals surface area (Å²) >= 11 is 0. The van der Waals surface area contributed by atoms with Gasteiger partial charge in [0.05, 0.1) is 5.71 Å². The third-order valence-electron chi connectivity index (χ3n) is 1.90. The van der Waals surface area contributed by atoms with Crippen LogP contribution in [-0.2, 0) is 4.84 Å². The van der Waals surface area contributed by atoms with E-state index in [1.165, 1.54) is 7.11 Å². The Morgan fingerprint density at radius 1 is 1.36 bits per heavy atom. The first-order chi connectivity index (χ1) is 6.81. The number of aromatic nitrogens is 2. The summed E-state index contributed by atoms with van der Waals surface area (Å²) in [5.41, 5.74) is 3.18. The quantitative estimate of drug-likeness (QED) is 0.534. The Balaban J connectivity index is 2.48. The van der Waals surface area contributed by atoms with Crippen LogP contribution in [0.15, 0.2) is 28.0 Å². The van der Waals surface area contributed by atoms with Crippen LogP contribution in [-0.4, -0.2) is 23.1 Å². The van der Waals surface area contributed by atoms with Crippen molar-refractivity contribution < 1.29 is 9.47 Å². The van der Waals surface area contributed by atoms with Crippen molar-refractivity contribution in [1.82, 2.24) is 10.3 Å². The first kappa shape index (κ1) is 8.68. The number of rotatable bonds is 2. The molecule has 5 nitrogen and oxygen atoms in total. The molecule has 0 aliphatic carbocycles. The molecule has 0 spiro atoms. The molecule has 5 heteroatoms. The molecule has 1 aromatic heterocycles. The Bertz CT molecular complexity index is 476. The van der Waals surface area contributed by atoms with E-state index in [0.717, 1.165) is 16.8 Å². The van der Waals surface area contributed by atoms with Gasteiger partial charge in [0, 0.05) is 5.56 Å². The maximum atomic E-state index is 4.68. The lowest BCUT2D eigenvalue weighted by molar-refractivity contribution is 0.213. The van der Waals surface area contributed by atoms with E-state index >= 15 is 0 Å². The highest BCUT2D eigenvalue weighted by atomic mass is 16.6. The molecule has 2 aromatic rings. The highest BCUT2D eigenvalue weighted by molar-refractivity contribution is 6.00. The average Bonchev–Trinajstić information content (AvgIpc) is 2.64. The van der Waals surface area contributed by atoms with Crippen LogP contribution in [0.3, 0.4) is 0 Å². The van der Waals surface area contributed by atoms with Crippen LogP contribution in [0.1, 0.15) is 12.5 Å². The lowest BCUT2D eigenvalue weighted by Gasteiger charge is -1.97. The van der Waals surface area contributed by atoms with E-state index in [-0.39, 0.29) is 0 Å². The molecular weight excluding hydrogens is 182 g/mol. The number of hydrogen-bond donors (Lipinski definition) is 0. The van der Waals surface area contributed by atoms with Crippen LogP contribution >= 0.6 is 0 Å². The summed E-state index contributed by atoms with van der Waals surface area (Å²) in [7, 11) is 1.51. The first-order valence-corrected chi connectivity index (χ1v) is 4.11. The second-order valence-electron chi connectivity index (χ2n) is 2.83. The summed E-state index contributed by atoms with van der Waals surface area (Å²) < 4.78 is 4.59. The van der Waals surface area contributed by atoms with Crippen LogP contribution in [0.2, 0.25) is 0 Å². The molecule has 0 unspecified atom stereocenters. The summed E-state index contributed by atoms with van der Waals surface area (Å²) in [4.78, 5) is 4.68. The fourth-order valence-electron chi connectivity index (χ4n) is 1.20. The molecule has 0 N–H and O–H groups in total. The van der Waals surface area contributed by atoms with E-state index < -0.39 is 0 Å². The van der Waals surface area contributed by atoms with Gasteiger partial charge in [0.25, 0.3) is 0 Å². The van der Waals surface area contributed by atoms with Gasteiger partial charge in [-0.1, -0.05) is 11.2 Å². The minimum absolute atomic E-state index is 0.716. The van der Waals surface area contributed by atoms with Gasteiger partial charge in [-0.3, -0.25) is 0 Å². The first-order valence-electron chi connectivity index (χ1n) is 4.11. The molecule has 0 atom stereocenters. The molecule has 0 saturated carbocycles. The van der Waals surface area contributed by atoms with Gasteiger partial charge >= 0.3 is 0 Å². The normalized spacial score (nSPS) is 12.0. The van der Waals surface area contributed by atoms with Crippen molar-refractivity contribution in [2.45, 2.75) is 6.92 Å². The third kappa shape index (κ3) is 1.44. The zero-order valence-electron chi connectivity index (χ0n) is 7.89. The largest absolute Gasteiger partial charge is 0.399 e. The van der Waals surface area contributed by atoms with Gasteiger partial charge in [-0.25, -0.2) is 4.63 Å². The van der Waals surface area contributed by atoms with Crippen LogP contribution in [0.5, 0.6) is 0 Å². The van der Waals surface area contributed by atoms with E-state index in [4.69, 9.17) is 0 Å². The standard InChI is InChI=1S/C9H9N3O2/c1-6(10-13-2)7-3-4-8-9(5-7)12-14-11-8/h3-5H,1-2H3/b10-6+. The van der Waals surface area contributed by atoms with Gasteiger partial charge < -0.3 is 4.84 Å². The van der Waals surface area contributed by atoms with Gasteiger partial charge in [-0.15, -0.1) is 0 Å². The van der Waals surface area contributed by atoms with Crippen molar-refractivity contribution in [2.24, 2.45) is 5.16 Å². The molecule has 1 heterocycles. The molecule has 0 bridgehead atoms. The highest BCUT2D eigenvalue weighted by Crippen LogP contribution is 2.12. The maximum Gasteiger partial charge on any atom is 0.135 e. The molecular formula is C9H9N3O2. The van der Waals surface area contributed by atoms with Gasteiger partial charge in [0.2, 0.25) is 0 Å². The minimum atomic E-state index is 0.716. The van der Waals surface area contributed by atoms with Crippen molar-refractivity contribution in [1.29, 1.82) is 0 Å². The average molecular weight is 191 g/mol. The zero-order chi connectivity index (χ0) is 9.97. The topological polar surface area (TPSA) is 60.5 Å². The van der Waals surface area contributed by atoms with Crippen LogP contribution in [0.25, 0.3) is 11.0 Å². The molecule has 0 aliphatic heterocycles. The molecule has 0 fully saturated rings. The van der Waals surface area contributed by atoms with Gasteiger partial charge in [-0.2, -0.15) is 0 Å².